The third kappa shape index (κ3) is 4.97. The molecule has 2 aromatic carbocycles. The SMILES string of the molecule is COc1cccc(S(=O)(=O)CCN2CCN(S(=O)(=O)c3cc(F)ccc3F)CC2)c1. The van der Waals surface area contributed by atoms with E-state index in [4.69, 9.17) is 4.74 Å². The number of methoxy groups -OCH3 is 1. The lowest BCUT2D eigenvalue weighted by Crippen LogP contribution is -2.49. The molecule has 0 spiro atoms. The first kappa shape index (κ1) is 22.6. The first-order valence-electron chi connectivity index (χ1n) is 9.18. The van der Waals surface area contributed by atoms with Gasteiger partial charge in [-0.1, -0.05) is 6.07 Å². The van der Waals surface area contributed by atoms with Gasteiger partial charge in [-0.05, 0) is 36.4 Å². The van der Waals surface area contributed by atoms with E-state index in [0.29, 0.717) is 11.8 Å². The van der Waals surface area contributed by atoms with Crippen molar-refractivity contribution in [1.29, 1.82) is 0 Å². The summed E-state index contributed by atoms with van der Waals surface area (Å²) < 4.78 is 83.8. The van der Waals surface area contributed by atoms with Crippen molar-refractivity contribution in [3.8, 4) is 5.75 Å². The fourth-order valence-corrected chi connectivity index (χ4v) is 5.98. The smallest absolute Gasteiger partial charge is 0.246 e. The van der Waals surface area contributed by atoms with Crippen LogP contribution in [0.3, 0.4) is 0 Å². The average molecular weight is 461 g/mol. The standard InChI is InChI=1S/C19H22F2N2O5S2/c1-28-16-3-2-4-17(14-16)29(24,25)12-11-22-7-9-23(10-8-22)30(26,27)19-13-15(20)5-6-18(19)21/h2-6,13-14H,7-12H2,1H3. The van der Waals surface area contributed by atoms with Crippen molar-refractivity contribution in [2.24, 2.45) is 0 Å². The summed E-state index contributed by atoms with van der Waals surface area (Å²) in [5.41, 5.74) is 0. The van der Waals surface area contributed by atoms with Gasteiger partial charge in [0.15, 0.2) is 9.84 Å². The highest BCUT2D eigenvalue weighted by molar-refractivity contribution is 7.91. The van der Waals surface area contributed by atoms with Crippen LogP contribution in [-0.4, -0.2) is 71.6 Å². The molecule has 0 amide bonds. The van der Waals surface area contributed by atoms with Gasteiger partial charge >= 0.3 is 0 Å². The molecule has 0 atom stereocenters. The molecule has 2 aromatic rings. The van der Waals surface area contributed by atoms with Crippen molar-refractivity contribution in [3.63, 3.8) is 0 Å². The van der Waals surface area contributed by atoms with Crippen molar-refractivity contribution in [1.82, 2.24) is 9.21 Å². The molecule has 1 heterocycles. The summed E-state index contributed by atoms with van der Waals surface area (Å²) in [6.45, 7) is 0.893. The van der Waals surface area contributed by atoms with Crippen LogP contribution < -0.4 is 4.74 Å². The molecule has 7 nitrogen and oxygen atoms in total. The summed E-state index contributed by atoms with van der Waals surface area (Å²) >= 11 is 0. The minimum atomic E-state index is -4.17. The summed E-state index contributed by atoms with van der Waals surface area (Å²) in [5.74, 6) is -1.54. The quantitative estimate of drug-likeness (QED) is 0.626. The maximum Gasteiger partial charge on any atom is 0.246 e. The zero-order valence-electron chi connectivity index (χ0n) is 16.3. The fraction of sp³-hybridized carbons (Fsp3) is 0.368. The number of hydrogen-bond donors (Lipinski definition) is 0. The minimum absolute atomic E-state index is 0.0531. The van der Waals surface area contributed by atoms with Crippen LogP contribution in [0, 0.1) is 11.6 Å². The highest BCUT2D eigenvalue weighted by atomic mass is 32.2. The lowest BCUT2D eigenvalue weighted by Gasteiger charge is -2.33. The Morgan fingerprint density at radius 3 is 2.33 bits per heavy atom. The van der Waals surface area contributed by atoms with Crippen LogP contribution in [0.2, 0.25) is 0 Å². The maximum absolute atomic E-state index is 13.9. The third-order valence-electron chi connectivity index (χ3n) is 4.92. The lowest BCUT2D eigenvalue weighted by molar-refractivity contribution is 0.196. The van der Waals surface area contributed by atoms with E-state index in [-0.39, 0.29) is 43.4 Å². The van der Waals surface area contributed by atoms with Crippen molar-refractivity contribution >= 4 is 19.9 Å². The van der Waals surface area contributed by atoms with E-state index in [1.54, 1.807) is 12.1 Å². The second kappa shape index (κ2) is 8.96. The van der Waals surface area contributed by atoms with E-state index in [1.807, 2.05) is 4.90 Å². The molecular weight excluding hydrogens is 438 g/mol. The lowest BCUT2D eigenvalue weighted by atomic mass is 10.3. The van der Waals surface area contributed by atoms with Gasteiger partial charge in [0, 0.05) is 32.7 Å². The zero-order chi connectivity index (χ0) is 21.9. The van der Waals surface area contributed by atoms with E-state index in [2.05, 4.69) is 0 Å². The Labute approximate surface area is 174 Å². The van der Waals surface area contributed by atoms with E-state index < -0.39 is 36.4 Å². The molecule has 164 valence electrons. The van der Waals surface area contributed by atoms with Gasteiger partial charge in [0.1, 0.15) is 22.3 Å². The van der Waals surface area contributed by atoms with Crippen molar-refractivity contribution < 1.29 is 30.4 Å². The van der Waals surface area contributed by atoms with Crippen LogP contribution in [0.1, 0.15) is 0 Å². The van der Waals surface area contributed by atoms with Gasteiger partial charge in [-0.2, -0.15) is 4.31 Å². The molecule has 1 fully saturated rings. The van der Waals surface area contributed by atoms with E-state index in [1.165, 1.54) is 19.2 Å². The second-order valence-corrected chi connectivity index (χ2v) is 10.8. The molecule has 0 saturated carbocycles. The molecule has 0 radical (unpaired) electrons. The van der Waals surface area contributed by atoms with Crippen LogP contribution in [0.5, 0.6) is 5.75 Å². The second-order valence-electron chi connectivity index (χ2n) is 6.82. The van der Waals surface area contributed by atoms with Crippen LogP contribution in [0.15, 0.2) is 52.3 Å². The third-order valence-corrected chi connectivity index (χ3v) is 8.52. The molecule has 30 heavy (non-hydrogen) atoms. The number of sulfone groups is 1. The van der Waals surface area contributed by atoms with Gasteiger partial charge in [-0.25, -0.2) is 25.6 Å². The summed E-state index contributed by atoms with van der Waals surface area (Å²) in [5, 5.41) is 0. The first-order chi connectivity index (χ1) is 14.1. The topological polar surface area (TPSA) is 84.0 Å². The number of rotatable bonds is 7. The molecule has 11 heteroatoms. The number of piperazine rings is 1. The monoisotopic (exact) mass is 460 g/mol. The minimum Gasteiger partial charge on any atom is -0.497 e. The Kier molecular flexibility index (Phi) is 6.75. The van der Waals surface area contributed by atoms with Gasteiger partial charge < -0.3 is 4.74 Å². The van der Waals surface area contributed by atoms with Crippen LogP contribution >= 0.6 is 0 Å². The van der Waals surface area contributed by atoms with Crippen molar-refractivity contribution in [2.45, 2.75) is 9.79 Å². The molecule has 0 aromatic heterocycles. The van der Waals surface area contributed by atoms with Gasteiger partial charge in [-0.15, -0.1) is 0 Å². The van der Waals surface area contributed by atoms with Crippen molar-refractivity contribution in [2.75, 3.05) is 45.6 Å². The summed E-state index contributed by atoms with van der Waals surface area (Å²) in [6.07, 6.45) is 0. The molecule has 3 rings (SSSR count). The Morgan fingerprint density at radius 1 is 0.967 bits per heavy atom. The molecular formula is C19H22F2N2O5S2. The van der Waals surface area contributed by atoms with Crippen LogP contribution in [0.4, 0.5) is 8.78 Å². The Bertz CT molecular complexity index is 1120. The Hall–Kier alpha value is -2.08. The highest BCUT2D eigenvalue weighted by Crippen LogP contribution is 2.22. The number of halogens is 2. The van der Waals surface area contributed by atoms with Crippen LogP contribution in [0.25, 0.3) is 0 Å². The molecule has 1 aliphatic heterocycles. The van der Waals surface area contributed by atoms with Gasteiger partial charge in [0.05, 0.1) is 17.8 Å². The zero-order valence-corrected chi connectivity index (χ0v) is 17.9. The largest absolute Gasteiger partial charge is 0.497 e. The fourth-order valence-electron chi connectivity index (χ4n) is 3.17. The Morgan fingerprint density at radius 2 is 1.67 bits per heavy atom. The number of hydrogen-bond acceptors (Lipinski definition) is 6. The van der Waals surface area contributed by atoms with Crippen LogP contribution in [-0.2, 0) is 19.9 Å². The van der Waals surface area contributed by atoms with Crippen molar-refractivity contribution in [3.05, 3.63) is 54.1 Å². The van der Waals surface area contributed by atoms with Gasteiger partial charge in [0.2, 0.25) is 10.0 Å². The number of benzene rings is 2. The number of sulfonamides is 1. The van der Waals surface area contributed by atoms with Gasteiger partial charge in [0.25, 0.3) is 0 Å². The molecule has 0 aliphatic carbocycles. The first-order valence-corrected chi connectivity index (χ1v) is 12.3. The molecule has 0 N–H and O–H groups in total. The summed E-state index contributed by atoms with van der Waals surface area (Å²) in [4.78, 5) is 1.28. The summed E-state index contributed by atoms with van der Waals surface area (Å²) in [7, 11) is -6.25. The van der Waals surface area contributed by atoms with Gasteiger partial charge in [-0.3, -0.25) is 4.90 Å². The molecule has 0 unspecified atom stereocenters. The number of nitrogens with zero attached hydrogens (tertiary/aromatic N) is 2. The highest BCUT2D eigenvalue weighted by Gasteiger charge is 2.31. The van der Waals surface area contributed by atoms with E-state index in [0.717, 1.165) is 16.4 Å². The maximum atomic E-state index is 13.9. The normalized spacial score (nSPS) is 16.5. The number of ether oxygens (including phenoxy) is 1. The predicted octanol–water partition coefficient (Wildman–Crippen LogP) is 1.75. The Balaban J connectivity index is 1.61. The van der Waals surface area contributed by atoms with E-state index in [9.17, 15) is 25.6 Å². The molecule has 1 saturated heterocycles. The predicted molar refractivity (Wildman–Crippen MR) is 107 cm³/mol. The molecule has 0 bridgehead atoms. The average Bonchev–Trinajstić information content (AvgIpc) is 2.74. The van der Waals surface area contributed by atoms with E-state index >= 15 is 0 Å². The molecule has 1 aliphatic rings. The summed E-state index contributed by atoms with van der Waals surface area (Å²) in [6, 6.07) is 8.50.